The molecule has 0 unspecified atom stereocenters. The number of ether oxygens (including phenoxy) is 1. The summed E-state index contributed by atoms with van der Waals surface area (Å²) in [6, 6.07) is 10.9. The summed E-state index contributed by atoms with van der Waals surface area (Å²) in [6.07, 6.45) is 0.403. The predicted molar refractivity (Wildman–Crippen MR) is 94.6 cm³/mol. The molecule has 0 aliphatic heterocycles. The lowest BCUT2D eigenvalue weighted by Gasteiger charge is -2.17. The molecule has 130 valence electrons. The summed E-state index contributed by atoms with van der Waals surface area (Å²) in [7, 11) is 1.77. The van der Waals surface area contributed by atoms with Crippen LogP contribution in [0.4, 0.5) is 5.69 Å². The van der Waals surface area contributed by atoms with E-state index in [9.17, 15) is 5.11 Å². The van der Waals surface area contributed by atoms with Crippen molar-refractivity contribution in [1.29, 1.82) is 0 Å². The van der Waals surface area contributed by atoms with Gasteiger partial charge in [0.1, 0.15) is 18.1 Å². The molecule has 0 atom stereocenters. The largest absolute Gasteiger partial charge is 0.508 e. The fourth-order valence-electron chi connectivity index (χ4n) is 1.89. The Hall–Kier alpha value is -2.48. The van der Waals surface area contributed by atoms with Crippen LogP contribution in [0.2, 0.25) is 5.02 Å². The number of aromatic hydroxyl groups is 1. The lowest BCUT2D eigenvalue weighted by atomic mass is 10.2. The van der Waals surface area contributed by atoms with Crippen molar-refractivity contribution >= 4 is 23.7 Å². The molecular weight excluding hydrogens is 332 g/mol. The third-order valence-corrected chi connectivity index (χ3v) is 3.37. The molecule has 0 aromatic heterocycles. The third-order valence-electron chi connectivity index (χ3n) is 3.07. The van der Waals surface area contributed by atoms with Gasteiger partial charge in [-0.3, -0.25) is 10.2 Å². The van der Waals surface area contributed by atoms with Crippen LogP contribution in [-0.4, -0.2) is 18.6 Å². The number of para-hydroxylation sites is 1. The van der Waals surface area contributed by atoms with Crippen LogP contribution in [0.5, 0.6) is 11.5 Å². The highest BCUT2D eigenvalue weighted by atomic mass is 35.5. The molecule has 7 nitrogen and oxygen atoms in total. The minimum Gasteiger partial charge on any atom is -0.508 e. The summed E-state index contributed by atoms with van der Waals surface area (Å²) in [6.45, 7) is 2.14. The van der Waals surface area contributed by atoms with Gasteiger partial charge >= 0.3 is 0 Å². The smallest absolute Gasteiger partial charge is 0.221 e. The van der Waals surface area contributed by atoms with E-state index in [1.165, 1.54) is 6.07 Å². The fraction of sp³-hybridized carbons (Fsp3) is 0.188. The fourth-order valence-corrected chi connectivity index (χ4v) is 2.10. The van der Waals surface area contributed by atoms with E-state index in [0.29, 0.717) is 29.4 Å². The first-order valence-corrected chi connectivity index (χ1v) is 7.36. The van der Waals surface area contributed by atoms with Crippen LogP contribution in [0.1, 0.15) is 11.1 Å². The second-order valence-corrected chi connectivity index (χ2v) is 5.29. The molecule has 0 heterocycles. The first-order valence-electron chi connectivity index (χ1n) is 6.98. The van der Waals surface area contributed by atoms with Crippen molar-refractivity contribution in [3.63, 3.8) is 0 Å². The van der Waals surface area contributed by atoms with E-state index in [-0.39, 0.29) is 5.75 Å². The molecular formula is C16H21ClN4O3. The Morgan fingerprint density at radius 1 is 1.38 bits per heavy atom. The molecule has 1 amide bonds. The van der Waals surface area contributed by atoms with E-state index < -0.39 is 0 Å². The molecule has 0 saturated heterocycles. The van der Waals surface area contributed by atoms with E-state index in [4.69, 9.17) is 27.0 Å². The van der Waals surface area contributed by atoms with Crippen LogP contribution in [-0.2, 0) is 11.4 Å². The highest BCUT2D eigenvalue weighted by Crippen LogP contribution is 2.32. The number of hydrogen-bond acceptors (Lipinski definition) is 6. The van der Waals surface area contributed by atoms with Gasteiger partial charge in [-0.05, 0) is 24.6 Å². The monoisotopic (exact) mass is 352 g/mol. The van der Waals surface area contributed by atoms with Gasteiger partial charge in [0, 0.05) is 18.7 Å². The van der Waals surface area contributed by atoms with Crippen molar-refractivity contribution in [2.75, 3.05) is 12.1 Å². The number of carbonyl (C=O) groups excluding carboxylic acids is 1. The van der Waals surface area contributed by atoms with Gasteiger partial charge in [0.25, 0.3) is 0 Å². The van der Waals surface area contributed by atoms with E-state index in [1.807, 2.05) is 24.3 Å². The normalized spacial score (nSPS) is 9.54. The Labute approximate surface area is 145 Å². The number of rotatable bonds is 5. The van der Waals surface area contributed by atoms with Crippen molar-refractivity contribution in [3.8, 4) is 11.5 Å². The van der Waals surface area contributed by atoms with Gasteiger partial charge in [-0.15, -0.1) is 0 Å². The number of anilines is 1. The molecule has 2 rings (SSSR count). The Kier molecular flexibility index (Phi) is 7.84. The molecule has 0 saturated carbocycles. The van der Waals surface area contributed by atoms with Crippen molar-refractivity contribution in [2.24, 2.45) is 11.7 Å². The predicted octanol–water partition coefficient (Wildman–Crippen LogP) is 1.85. The molecule has 0 fully saturated rings. The molecule has 0 aliphatic rings. The molecule has 0 radical (unpaired) electrons. The lowest BCUT2D eigenvalue weighted by molar-refractivity contribution is -0.109. The number of hydrazine groups is 2. The van der Waals surface area contributed by atoms with Crippen LogP contribution in [0, 0.1) is 6.92 Å². The van der Waals surface area contributed by atoms with Crippen molar-refractivity contribution in [1.82, 2.24) is 5.43 Å². The average molecular weight is 353 g/mol. The number of nitrogens with zero attached hydrogens (tertiary/aromatic N) is 1. The molecule has 0 aliphatic carbocycles. The number of carbonyl (C=O) groups is 1. The van der Waals surface area contributed by atoms with Gasteiger partial charge in [0.15, 0.2) is 0 Å². The Balaban J connectivity index is 0.000000648. The topological polar surface area (TPSA) is 114 Å². The van der Waals surface area contributed by atoms with E-state index >= 15 is 0 Å². The highest BCUT2D eigenvalue weighted by molar-refractivity contribution is 6.32. The summed E-state index contributed by atoms with van der Waals surface area (Å²) in [5, 5.41) is 11.5. The highest BCUT2D eigenvalue weighted by Gasteiger charge is 2.09. The minimum atomic E-state index is 0.157. The van der Waals surface area contributed by atoms with Crippen molar-refractivity contribution in [2.45, 2.75) is 13.5 Å². The van der Waals surface area contributed by atoms with E-state index in [1.54, 1.807) is 30.5 Å². The summed E-state index contributed by atoms with van der Waals surface area (Å²) >= 11 is 6.05. The molecule has 0 spiro atoms. The first kappa shape index (κ1) is 19.6. The SMILES string of the molecule is Cc1cc(OCc2ccccc2N(C)N)c(Cl)cc1O.NNC=O. The van der Waals surface area contributed by atoms with Gasteiger partial charge in [-0.2, -0.15) is 0 Å². The van der Waals surface area contributed by atoms with Crippen LogP contribution in [0.3, 0.4) is 0 Å². The average Bonchev–Trinajstić information content (AvgIpc) is 2.57. The second-order valence-electron chi connectivity index (χ2n) is 4.88. The number of nitrogens with two attached hydrogens (primary N) is 2. The number of hydrogen-bond donors (Lipinski definition) is 4. The molecule has 0 bridgehead atoms. The van der Waals surface area contributed by atoms with Gasteiger partial charge in [0.2, 0.25) is 6.41 Å². The van der Waals surface area contributed by atoms with Gasteiger partial charge in [-0.1, -0.05) is 29.8 Å². The molecule has 2 aromatic carbocycles. The number of aryl methyl sites for hydroxylation is 1. The first-order chi connectivity index (χ1) is 11.4. The zero-order valence-electron chi connectivity index (χ0n) is 13.5. The van der Waals surface area contributed by atoms with Crippen molar-refractivity contribution in [3.05, 3.63) is 52.5 Å². The maximum atomic E-state index is 9.56. The number of benzene rings is 2. The minimum absolute atomic E-state index is 0.157. The lowest BCUT2D eigenvalue weighted by Crippen LogP contribution is -2.26. The molecule has 6 N–H and O–H groups in total. The summed E-state index contributed by atoms with van der Waals surface area (Å²) in [5.74, 6) is 10.9. The second kappa shape index (κ2) is 9.61. The summed E-state index contributed by atoms with van der Waals surface area (Å²) in [5.41, 5.74) is 4.31. The van der Waals surface area contributed by atoms with Crippen LogP contribution in [0.15, 0.2) is 36.4 Å². The zero-order valence-corrected chi connectivity index (χ0v) is 14.2. The number of halogens is 1. The Bertz CT molecular complexity index is 680. The van der Waals surface area contributed by atoms with Crippen molar-refractivity contribution < 1.29 is 14.6 Å². The van der Waals surface area contributed by atoms with E-state index in [0.717, 1.165) is 11.3 Å². The number of phenolic OH excluding ortho intramolecular Hbond substituents is 1. The Morgan fingerprint density at radius 3 is 2.58 bits per heavy atom. The van der Waals surface area contributed by atoms with E-state index in [2.05, 4.69) is 5.84 Å². The van der Waals surface area contributed by atoms with Crippen LogP contribution >= 0.6 is 11.6 Å². The van der Waals surface area contributed by atoms with Gasteiger partial charge in [-0.25, -0.2) is 11.7 Å². The maximum absolute atomic E-state index is 9.56. The van der Waals surface area contributed by atoms with Crippen LogP contribution in [0.25, 0.3) is 0 Å². The zero-order chi connectivity index (χ0) is 18.1. The number of nitrogens with one attached hydrogen (secondary N) is 1. The summed E-state index contributed by atoms with van der Waals surface area (Å²) < 4.78 is 5.72. The third kappa shape index (κ3) is 5.62. The Morgan fingerprint density at radius 2 is 2.00 bits per heavy atom. The standard InChI is InChI=1S/C15H17ClN2O2.CH4N2O/c1-10-7-15(12(16)8-14(10)19)20-9-11-5-3-4-6-13(11)18(2)17;2-3-1-4/h3-8,19H,9,17H2,1-2H3;1H,2H2,(H,3,4). The quantitative estimate of drug-likeness (QED) is 0.282. The molecule has 2 aromatic rings. The molecule has 8 heteroatoms. The van der Waals surface area contributed by atoms with Crippen LogP contribution < -0.4 is 26.9 Å². The van der Waals surface area contributed by atoms with Gasteiger partial charge < -0.3 is 14.9 Å². The number of phenols is 1. The van der Waals surface area contributed by atoms with Gasteiger partial charge in [0.05, 0.1) is 10.7 Å². The summed E-state index contributed by atoms with van der Waals surface area (Å²) in [4.78, 5) is 8.94. The number of amides is 1. The molecule has 24 heavy (non-hydrogen) atoms. The maximum Gasteiger partial charge on any atom is 0.221 e.